The van der Waals surface area contributed by atoms with Crippen molar-refractivity contribution in [3.63, 3.8) is 0 Å². The second-order valence-corrected chi connectivity index (χ2v) is 5.82. The van der Waals surface area contributed by atoms with Crippen molar-refractivity contribution in [3.05, 3.63) is 65.2 Å². The number of ether oxygens (including phenoxy) is 3. The largest absolute Gasteiger partial charge is 0.468 e. The van der Waals surface area contributed by atoms with E-state index in [2.05, 4.69) is 19.9 Å². The number of benzene rings is 2. The minimum absolute atomic E-state index is 0.184. The highest BCUT2D eigenvalue weighted by atomic mass is 16.7. The number of carbonyl (C=O) groups excluding carboxylic acids is 1. The second kappa shape index (κ2) is 9.78. The lowest BCUT2D eigenvalue weighted by Crippen LogP contribution is -2.10. The first-order valence-electron chi connectivity index (χ1n) is 8.80. The Labute approximate surface area is 155 Å². The van der Waals surface area contributed by atoms with E-state index < -0.39 is 0 Å². The van der Waals surface area contributed by atoms with E-state index in [0.29, 0.717) is 17.9 Å². The van der Waals surface area contributed by atoms with Crippen LogP contribution < -0.4 is 4.74 Å². The lowest BCUT2D eigenvalue weighted by molar-refractivity contribution is -0.136. The molecule has 4 nitrogen and oxygen atoms in total. The first-order chi connectivity index (χ1) is 12.6. The highest BCUT2D eigenvalue weighted by Gasteiger charge is 2.20. The third kappa shape index (κ3) is 4.73. The molecule has 0 fully saturated rings. The molecular formula is C22H26O4. The molecule has 26 heavy (non-hydrogen) atoms. The van der Waals surface area contributed by atoms with Gasteiger partial charge in [0.05, 0.1) is 12.2 Å². The molecule has 2 aromatic carbocycles. The maximum absolute atomic E-state index is 12.8. The molecule has 2 rings (SSSR count). The van der Waals surface area contributed by atoms with E-state index in [0.717, 1.165) is 28.7 Å². The summed E-state index contributed by atoms with van der Waals surface area (Å²) in [6.07, 6.45) is 0.723. The normalized spacial score (nSPS) is 11.7. The predicted octanol–water partition coefficient (Wildman–Crippen LogP) is 4.86. The van der Waals surface area contributed by atoms with Gasteiger partial charge in [-0.2, -0.15) is 0 Å². The Morgan fingerprint density at radius 1 is 1.00 bits per heavy atom. The molecule has 138 valence electrons. The van der Waals surface area contributed by atoms with Gasteiger partial charge in [0.15, 0.2) is 6.79 Å². The van der Waals surface area contributed by atoms with Crippen LogP contribution in [0, 0.1) is 6.92 Å². The van der Waals surface area contributed by atoms with E-state index >= 15 is 0 Å². The maximum atomic E-state index is 12.8. The van der Waals surface area contributed by atoms with Crippen molar-refractivity contribution in [3.8, 4) is 5.75 Å². The van der Waals surface area contributed by atoms with Crippen molar-refractivity contribution < 1.29 is 19.0 Å². The van der Waals surface area contributed by atoms with Gasteiger partial charge in [-0.3, -0.25) is 0 Å². The van der Waals surface area contributed by atoms with Crippen LogP contribution in [-0.2, 0) is 14.3 Å². The molecule has 0 spiro atoms. The number of hydrogen-bond donors (Lipinski definition) is 0. The van der Waals surface area contributed by atoms with Gasteiger partial charge >= 0.3 is 5.97 Å². The van der Waals surface area contributed by atoms with Gasteiger partial charge < -0.3 is 14.2 Å². The highest BCUT2D eigenvalue weighted by Crippen LogP contribution is 2.32. The summed E-state index contributed by atoms with van der Waals surface area (Å²) in [6.45, 7) is 6.44. The van der Waals surface area contributed by atoms with Crippen LogP contribution in [0.15, 0.2) is 48.5 Å². The SMILES string of the molecule is CCOC(=O)/C(=C(\CC)c1ccccc1C)c1ccc(OCOC)cc1. The lowest BCUT2D eigenvalue weighted by Gasteiger charge is -2.16. The number of esters is 1. The van der Waals surface area contributed by atoms with E-state index in [1.165, 1.54) is 0 Å². The quantitative estimate of drug-likeness (QED) is 0.294. The van der Waals surface area contributed by atoms with Crippen molar-refractivity contribution in [2.45, 2.75) is 27.2 Å². The van der Waals surface area contributed by atoms with Gasteiger partial charge in [0.2, 0.25) is 0 Å². The monoisotopic (exact) mass is 354 g/mol. The number of carbonyl (C=O) groups is 1. The lowest BCUT2D eigenvalue weighted by atomic mass is 9.90. The molecule has 0 radical (unpaired) electrons. The molecule has 0 aromatic heterocycles. The number of methoxy groups -OCH3 is 1. The number of allylic oxidation sites excluding steroid dienone is 1. The molecule has 0 N–H and O–H groups in total. The summed E-state index contributed by atoms with van der Waals surface area (Å²) in [4.78, 5) is 12.8. The molecule has 0 aliphatic heterocycles. The molecule has 2 aromatic rings. The Balaban J connectivity index is 2.55. The van der Waals surface area contributed by atoms with Crippen LogP contribution in [0.5, 0.6) is 5.75 Å². The molecule has 0 amide bonds. The molecule has 4 heteroatoms. The summed E-state index contributed by atoms with van der Waals surface area (Å²) >= 11 is 0. The van der Waals surface area contributed by atoms with Gasteiger partial charge in [-0.1, -0.05) is 43.3 Å². The molecule has 0 atom stereocenters. The minimum atomic E-state index is -0.307. The van der Waals surface area contributed by atoms with Crippen molar-refractivity contribution >= 4 is 17.1 Å². The zero-order chi connectivity index (χ0) is 18.9. The third-order valence-electron chi connectivity index (χ3n) is 4.09. The van der Waals surface area contributed by atoms with Gasteiger partial charge in [0.1, 0.15) is 5.75 Å². The predicted molar refractivity (Wildman–Crippen MR) is 104 cm³/mol. The van der Waals surface area contributed by atoms with Crippen molar-refractivity contribution in [1.82, 2.24) is 0 Å². The van der Waals surface area contributed by atoms with Gasteiger partial charge in [-0.05, 0) is 54.7 Å². The maximum Gasteiger partial charge on any atom is 0.339 e. The zero-order valence-electron chi connectivity index (χ0n) is 15.9. The van der Waals surface area contributed by atoms with E-state index in [1.54, 1.807) is 7.11 Å². The Morgan fingerprint density at radius 2 is 1.69 bits per heavy atom. The summed E-state index contributed by atoms with van der Waals surface area (Å²) in [5, 5.41) is 0. The molecule has 0 heterocycles. The molecule has 0 saturated heterocycles. The fraction of sp³-hybridized carbons (Fsp3) is 0.318. The minimum Gasteiger partial charge on any atom is -0.468 e. The average Bonchev–Trinajstić information content (AvgIpc) is 2.66. The van der Waals surface area contributed by atoms with Gasteiger partial charge in [0, 0.05) is 7.11 Å². The first kappa shape index (κ1) is 19.7. The van der Waals surface area contributed by atoms with Crippen molar-refractivity contribution in [1.29, 1.82) is 0 Å². The molecule has 0 aliphatic rings. The first-order valence-corrected chi connectivity index (χ1v) is 8.80. The third-order valence-corrected chi connectivity index (χ3v) is 4.09. The molecular weight excluding hydrogens is 328 g/mol. The molecule has 0 saturated carbocycles. The Morgan fingerprint density at radius 3 is 2.27 bits per heavy atom. The van der Waals surface area contributed by atoms with Crippen LogP contribution in [0.3, 0.4) is 0 Å². The van der Waals surface area contributed by atoms with Crippen molar-refractivity contribution in [2.75, 3.05) is 20.5 Å². The second-order valence-electron chi connectivity index (χ2n) is 5.82. The van der Waals surface area contributed by atoms with Gasteiger partial charge in [0.25, 0.3) is 0 Å². The number of aryl methyl sites for hydroxylation is 1. The number of rotatable bonds is 8. The van der Waals surface area contributed by atoms with Crippen LogP contribution in [0.2, 0.25) is 0 Å². The molecule has 0 aliphatic carbocycles. The van der Waals surface area contributed by atoms with Crippen molar-refractivity contribution in [2.24, 2.45) is 0 Å². The number of hydrogen-bond acceptors (Lipinski definition) is 4. The Kier molecular flexibility index (Phi) is 7.42. The summed E-state index contributed by atoms with van der Waals surface area (Å²) in [7, 11) is 1.58. The van der Waals surface area contributed by atoms with Gasteiger partial charge in [-0.25, -0.2) is 4.79 Å². The van der Waals surface area contributed by atoms with E-state index in [9.17, 15) is 4.79 Å². The van der Waals surface area contributed by atoms with E-state index in [1.807, 2.05) is 49.4 Å². The summed E-state index contributed by atoms with van der Waals surface area (Å²) < 4.78 is 15.7. The summed E-state index contributed by atoms with van der Waals surface area (Å²) in [5.74, 6) is 0.380. The summed E-state index contributed by atoms with van der Waals surface area (Å²) in [6, 6.07) is 15.5. The van der Waals surface area contributed by atoms with Crippen LogP contribution >= 0.6 is 0 Å². The Bertz CT molecular complexity index is 760. The van der Waals surface area contributed by atoms with Crippen LogP contribution in [0.1, 0.15) is 37.0 Å². The van der Waals surface area contributed by atoms with Crippen LogP contribution in [0.4, 0.5) is 0 Å². The molecule has 0 bridgehead atoms. The topological polar surface area (TPSA) is 44.8 Å². The fourth-order valence-corrected chi connectivity index (χ4v) is 2.88. The Hall–Kier alpha value is -2.59. The standard InChI is InChI=1S/C22H26O4/c1-5-19(20-10-8-7-9-16(20)3)21(22(23)25-6-2)17-11-13-18(14-12-17)26-15-24-4/h7-14H,5-6,15H2,1-4H3/b21-19+. The van der Waals surface area contributed by atoms with Crippen LogP contribution in [-0.4, -0.2) is 26.5 Å². The zero-order valence-corrected chi connectivity index (χ0v) is 15.9. The molecule has 0 unspecified atom stereocenters. The average molecular weight is 354 g/mol. The highest BCUT2D eigenvalue weighted by molar-refractivity contribution is 6.24. The smallest absolute Gasteiger partial charge is 0.339 e. The van der Waals surface area contributed by atoms with E-state index in [-0.39, 0.29) is 12.8 Å². The summed E-state index contributed by atoms with van der Waals surface area (Å²) in [5.41, 5.74) is 4.59. The van der Waals surface area contributed by atoms with E-state index in [4.69, 9.17) is 14.2 Å². The van der Waals surface area contributed by atoms with Crippen LogP contribution in [0.25, 0.3) is 11.1 Å². The van der Waals surface area contributed by atoms with Gasteiger partial charge in [-0.15, -0.1) is 0 Å². The fourth-order valence-electron chi connectivity index (χ4n) is 2.88.